The van der Waals surface area contributed by atoms with Gasteiger partial charge >= 0.3 is 5.97 Å². The topological polar surface area (TPSA) is 44.8 Å². The van der Waals surface area contributed by atoms with Gasteiger partial charge in [0.1, 0.15) is 11.7 Å². The van der Waals surface area contributed by atoms with Crippen LogP contribution in [-0.2, 0) is 19.3 Å². The van der Waals surface area contributed by atoms with Crippen molar-refractivity contribution in [1.82, 2.24) is 0 Å². The fourth-order valence-corrected chi connectivity index (χ4v) is 3.70. The number of carbonyl (C=O) groups is 1. The van der Waals surface area contributed by atoms with E-state index in [1.165, 1.54) is 7.11 Å². The summed E-state index contributed by atoms with van der Waals surface area (Å²) in [6.07, 6.45) is 12.7. The normalized spacial score (nSPS) is 25.8. The van der Waals surface area contributed by atoms with Crippen LogP contribution in [0.5, 0.6) is 0 Å². The second-order valence-electron chi connectivity index (χ2n) is 7.49. The molecule has 4 atom stereocenters. The molecule has 26 heavy (non-hydrogen) atoms. The standard InChI is InChI=1S/C22H38O4/c1-7-11-12-18(8-2)13-17(5)15-22(10-4)16-19(9-3)20(25-26-22)14-21(23)24-6/h11-12,16-18,20H,7-10,13-15H2,1-6H3/b12-11+/t17-,18-,20-,22+/m1/s1. The average Bonchev–Trinajstić information content (AvgIpc) is 2.66. The fourth-order valence-electron chi connectivity index (χ4n) is 3.70. The molecule has 0 fully saturated rings. The Hall–Kier alpha value is -1.13. The highest BCUT2D eigenvalue weighted by molar-refractivity contribution is 5.70. The van der Waals surface area contributed by atoms with Gasteiger partial charge in [-0.15, -0.1) is 0 Å². The van der Waals surface area contributed by atoms with Crippen molar-refractivity contribution in [2.24, 2.45) is 11.8 Å². The molecule has 4 nitrogen and oxygen atoms in total. The molecule has 0 aromatic heterocycles. The van der Waals surface area contributed by atoms with Crippen molar-refractivity contribution >= 4 is 5.97 Å². The van der Waals surface area contributed by atoms with E-state index in [0.717, 1.165) is 44.1 Å². The van der Waals surface area contributed by atoms with Gasteiger partial charge < -0.3 is 4.74 Å². The van der Waals surface area contributed by atoms with E-state index in [1.807, 2.05) is 0 Å². The highest BCUT2D eigenvalue weighted by atomic mass is 17.2. The van der Waals surface area contributed by atoms with E-state index in [-0.39, 0.29) is 18.5 Å². The van der Waals surface area contributed by atoms with Gasteiger partial charge in [-0.1, -0.05) is 46.8 Å². The summed E-state index contributed by atoms with van der Waals surface area (Å²) in [5.41, 5.74) is 0.734. The zero-order valence-corrected chi connectivity index (χ0v) is 17.5. The van der Waals surface area contributed by atoms with Gasteiger partial charge in [0.05, 0.1) is 13.5 Å². The summed E-state index contributed by atoms with van der Waals surface area (Å²) in [7, 11) is 1.40. The minimum atomic E-state index is -0.399. The van der Waals surface area contributed by atoms with Gasteiger partial charge in [-0.25, -0.2) is 9.78 Å². The lowest BCUT2D eigenvalue weighted by Crippen LogP contribution is -2.40. The number of hydrogen-bond acceptors (Lipinski definition) is 4. The Kier molecular flexibility index (Phi) is 10.2. The van der Waals surface area contributed by atoms with E-state index >= 15 is 0 Å². The Labute approximate surface area is 159 Å². The predicted octanol–water partition coefficient (Wildman–Crippen LogP) is 5.77. The third kappa shape index (κ3) is 6.88. The maximum absolute atomic E-state index is 11.6. The monoisotopic (exact) mass is 366 g/mol. The number of methoxy groups -OCH3 is 1. The van der Waals surface area contributed by atoms with Crippen LogP contribution in [0.2, 0.25) is 0 Å². The zero-order valence-electron chi connectivity index (χ0n) is 17.5. The maximum Gasteiger partial charge on any atom is 0.308 e. The van der Waals surface area contributed by atoms with E-state index in [0.29, 0.717) is 11.8 Å². The molecule has 0 saturated heterocycles. The fraction of sp³-hybridized carbons (Fsp3) is 0.773. The average molecular weight is 367 g/mol. The smallest absolute Gasteiger partial charge is 0.308 e. The lowest BCUT2D eigenvalue weighted by Gasteiger charge is -2.38. The molecule has 0 bridgehead atoms. The Bertz CT molecular complexity index is 483. The largest absolute Gasteiger partial charge is 0.469 e. The number of allylic oxidation sites excluding steroid dienone is 2. The van der Waals surface area contributed by atoms with Gasteiger partial charge in [-0.05, 0) is 62.0 Å². The summed E-state index contributed by atoms with van der Waals surface area (Å²) in [6.45, 7) is 10.9. The van der Waals surface area contributed by atoms with Gasteiger partial charge in [0.15, 0.2) is 0 Å². The summed E-state index contributed by atoms with van der Waals surface area (Å²) in [5, 5.41) is 0. The summed E-state index contributed by atoms with van der Waals surface area (Å²) < 4.78 is 4.77. The van der Waals surface area contributed by atoms with Gasteiger partial charge in [0.25, 0.3) is 0 Å². The molecule has 0 aliphatic carbocycles. The van der Waals surface area contributed by atoms with Crippen molar-refractivity contribution in [2.45, 2.75) is 91.3 Å². The van der Waals surface area contributed by atoms with E-state index < -0.39 is 5.60 Å². The SMILES string of the molecule is CC/C=C/[C@@H](CC)C[C@@H](C)C[C@@]1(CC)C=C(CC)[C@@H](CC(=O)OC)OO1. The molecule has 0 N–H and O–H groups in total. The number of esters is 1. The molecule has 1 aliphatic heterocycles. The van der Waals surface area contributed by atoms with Crippen LogP contribution < -0.4 is 0 Å². The quantitative estimate of drug-likeness (QED) is 0.264. The molecule has 4 heteroatoms. The van der Waals surface area contributed by atoms with Crippen LogP contribution in [0.4, 0.5) is 0 Å². The van der Waals surface area contributed by atoms with Crippen molar-refractivity contribution in [1.29, 1.82) is 0 Å². The first-order chi connectivity index (χ1) is 12.4. The van der Waals surface area contributed by atoms with Crippen LogP contribution in [0.1, 0.15) is 79.6 Å². The van der Waals surface area contributed by atoms with Crippen molar-refractivity contribution in [3.8, 4) is 0 Å². The second-order valence-corrected chi connectivity index (χ2v) is 7.49. The van der Waals surface area contributed by atoms with Crippen molar-refractivity contribution < 1.29 is 19.3 Å². The minimum absolute atomic E-state index is 0.200. The predicted molar refractivity (Wildman–Crippen MR) is 106 cm³/mol. The lowest BCUT2D eigenvalue weighted by molar-refractivity contribution is -0.378. The third-order valence-electron chi connectivity index (χ3n) is 5.35. The lowest BCUT2D eigenvalue weighted by atomic mass is 9.81. The number of carbonyl (C=O) groups excluding carboxylic acids is 1. The third-order valence-corrected chi connectivity index (χ3v) is 5.35. The molecule has 0 saturated carbocycles. The Morgan fingerprint density at radius 2 is 2.08 bits per heavy atom. The Morgan fingerprint density at radius 3 is 2.62 bits per heavy atom. The van der Waals surface area contributed by atoms with E-state index in [9.17, 15) is 4.79 Å². The zero-order chi connectivity index (χ0) is 19.6. The van der Waals surface area contributed by atoms with Gasteiger partial charge in [0.2, 0.25) is 0 Å². The minimum Gasteiger partial charge on any atom is -0.469 e. The maximum atomic E-state index is 11.6. The van der Waals surface area contributed by atoms with Crippen LogP contribution in [0.15, 0.2) is 23.8 Å². The van der Waals surface area contributed by atoms with Crippen LogP contribution in [-0.4, -0.2) is 24.8 Å². The van der Waals surface area contributed by atoms with Crippen LogP contribution in [0.25, 0.3) is 0 Å². The number of hydrogen-bond donors (Lipinski definition) is 0. The first kappa shape index (κ1) is 22.9. The molecule has 0 amide bonds. The first-order valence-electron chi connectivity index (χ1n) is 10.2. The Morgan fingerprint density at radius 1 is 1.35 bits per heavy atom. The van der Waals surface area contributed by atoms with Crippen LogP contribution in [0.3, 0.4) is 0 Å². The molecule has 1 aliphatic rings. The highest BCUT2D eigenvalue weighted by Crippen LogP contribution is 2.37. The molecule has 1 rings (SSSR count). The molecular formula is C22H38O4. The first-order valence-corrected chi connectivity index (χ1v) is 10.2. The number of ether oxygens (including phenoxy) is 1. The van der Waals surface area contributed by atoms with Crippen molar-refractivity contribution in [3.05, 3.63) is 23.8 Å². The van der Waals surface area contributed by atoms with Crippen molar-refractivity contribution in [2.75, 3.05) is 7.11 Å². The van der Waals surface area contributed by atoms with E-state index in [1.54, 1.807) is 0 Å². The van der Waals surface area contributed by atoms with E-state index in [2.05, 4.69) is 52.8 Å². The molecule has 0 spiro atoms. The molecular weight excluding hydrogens is 328 g/mol. The Balaban J connectivity index is 2.82. The number of rotatable bonds is 11. The van der Waals surface area contributed by atoms with Gasteiger partial charge in [0, 0.05) is 0 Å². The summed E-state index contributed by atoms with van der Waals surface area (Å²) >= 11 is 0. The molecule has 150 valence electrons. The molecule has 0 radical (unpaired) electrons. The van der Waals surface area contributed by atoms with E-state index in [4.69, 9.17) is 14.5 Å². The molecule has 1 heterocycles. The molecule has 0 aromatic carbocycles. The second kappa shape index (κ2) is 11.6. The van der Waals surface area contributed by atoms with Gasteiger partial charge in [-0.2, -0.15) is 0 Å². The highest BCUT2D eigenvalue weighted by Gasteiger charge is 2.38. The summed E-state index contributed by atoms with van der Waals surface area (Å²) in [5.74, 6) is 0.866. The summed E-state index contributed by atoms with van der Waals surface area (Å²) in [6, 6.07) is 0. The van der Waals surface area contributed by atoms with Crippen molar-refractivity contribution in [3.63, 3.8) is 0 Å². The molecule has 0 unspecified atom stereocenters. The van der Waals surface area contributed by atoms with Gasteiger partial charge in [-0.3, -0.25) is 4.79 Å². The summed E-state index contributed by atoms with van der Waals surface area (Å²) in [4.78, 5) is 23.1. The van der Waals surface area contributed by atoms with Crippen LogP contribution >= 0.6 is 0 Å². The molecule has 0 aromatic rings. The van der Waals surface area contributed by atoms with Crippen LogP contribution in [0, 0.1) is 11.8 Å².